The highest BCUT2D eigenvalue weighted by atomic mass is 15.4. The second-order valence-corrected chi connectivity index (χ2v) is 25.5. The highest BCUT2D eigenvalue weighted by molar-refractivity contribution is 5.81. The zero-order valence-corrected chi connectivity index (χ0v) is 56.9. The molecule has 0 bridgehead atoms. The summed E-state index contributed by atoms with van der Waals surface area (Å²) in [5.41, 5.74) is 0. The number of piperidine rings is 1. The van der Waals surface area contributed by atoms with E-state index in [1.807, 2.05) is 28.2 Å². The maximum absolute atomic E-state index is 5.28. The van der Waals surface area contributed by atoms with E-state index in [0.717, 1.165) is 51.8 Å². The Labute approximate surface area is 505 Å². The van der Waals surface area contributed by atoms with Gasteiger partial charge in [0, 0.05) is 114 Å². The Bertz CT molecular complexity index is 1530. The van der Waals surface area contributed by atoms with E-state index >= 15 is 0 Å². The lowest BCUT2D eigenvalue weighted by atomic mass is 9.94. The molecule has 476 valence electrons. The van der Waals surface area contributed by atoms with Crippen LogP contribution < -0.4 is 0 Å². The molecule has 1 heterocycles. The lowest BCUT2D eigenvalue weighted by Gasteiger charge is -2.38. The SMILES string of the molecule is CCCCCCCCN=C(N(C)C)N(C)C.CCCCN(C)C(=NC1CCCCC1)N(C)C1CCCCC1.CCCCN(CC)C(=NC1CCCCC1)N1CCCCC1.CCCN(CCC)C(=NC1CCCCC1)N(CCC)CCC. The Balaban J connectivity index is 0.000000372. The number of rotatable bonds is 26. The van der Waals surface area contributed by atoms with Gasteiger partial charge >= 0.3 is 0 Å². The van der Waals surface area contributed by atoms with Crippen LogP contribution in [0.3, 0.4) is 0 Å². The van der Waals surface area contributed by atoms with Gasteiger partial charge in [-0.3, -0.25) is 4.99 Å². The van der Waals surface area contributed by atoms with Gasteiger partial charge in [0.15, 0.2) is 23.8 Å². The highest BCUT2D eigenvalue weighted by Crippen LogP contribution is 2.27. The number of hydrogen-bond acceptors (Lipinski definition) is 4. The molecular formula is C69H140N12. The lowest BCUT2D eigenvalue weighted by molar-refractivity contribution is 0.247. The van der Waals surface area contributed by atoms with Crippen molar-refractivity contribution in [1.29, 1.82) is 0 Å². The molecule has 0 aromatic carbocycles. The summed E-state index contributed by atoms with van der Waals surface area (Å²) >= 11 is 0. The number of aliphatic imine (C=N–C) groups is 4. The number of hydrogen-bond donors (Lipinski definition) is 0. The first kappa shape index (κ1) is 74.2. The molecule has 1 saturated heterocycles. The van der Waals surface area contributed by atoms with Crippen LogP contribution in [0.25, 0.3) is 0 Å². The van der Waals surface area contributed by atoms with Crippen LogP contribution in [-0.4, -0.2) is 195 Å². The summed E-state index contributed by atoms with van der Waals surface area (Å²) < 4.78 is 0. The average Bonchev–Trinajstić information content (AvgIpc) is 3.50. The van der Waals surface area contributed by atoms with E-state index in [2.05, 4.69) is 114 Å². The smallest absolute Gasteiger partial charge is 0.196 e. The highest BCUT2D eigenvalue weighted by Gasteiger charge is 2.26. The van der Waals surface area contributed by atoms with Crippen LogP contribution in [0.5, 0.6) is 0 Å². The fraction of sp³-hybridized carbons (Fsp3) is 0.942. The van der Waals surface area contributed by atoms with Crippen molar-refractivity contribution >= 4 is 23.8 Å². The van der Waals surface area contributed by atoms with Crippen molar-refractivity contribution in [1.82, 2.24) is 39.2 Å². The minimum Gasteiger partial charge on any atom is -0.349 e. The first-order chi connectivity index (χ1) is 39.4. The van der Waals surface area contributed by atoms with Gasteiger partial charge in [-0.25, -0.2) is 15.0 Å². The van der Waals surface area contributed by atoms with Crippen LogP contribution in [-0.2, 0) is 0 Å². The Morgan fingerprint density at radius 3 is 1.19 bits per heavy atom. The lowest BCUT2D eigenvalue weighted by Crippen LogP contribution is -2.47. The number of unbranched alkanes of at least 4 members (excludes halogenated alkanes) is 7. The molecule has 0 unspecified atom stereocenters. The molecule has 5 fully saturated rings. The minimum atomic E-state index is 0.566. The van der Waals surface area contributed by atoms with E-state index in [-0.39, 0.29) is 0 Å². The molecule has 0 spiro atoms. The van der Waals surface area contributed by atoms with Crippen LogP contribution in [0.2, 0.25) is 0 Å². The van der Waals surface area contributed by atoms with Crippen molar-refractivity contribution < 1.29 is 0 Å². The van der Waals surface area contributed by atoms with Crippen LogP contribution in [0.4, 0.5) is 0 Å². The molecule has 81 heavy (non-hydrogen) atoms. The predicted molar refractivity (Wildman–Crippen MR) is 360 cm³/mol. The predicted octanol–water partition coefficient (Wildman–Crippen LogP) is 16.7. The van der Waals surface area contributed by atoms with E-state index in [4.69, 9.17) is 15.0 Å². The zero-order chi connectivity index (χ0) is 59.3. The molecule has 1 aliphatic heterocycles. The minimum absolute atomic E-state index is 0.566. The van der Waals surface area contributed by atoms with Gasteiger partial charge < -0.3 is 39.2 Å². The number of guanidine groups is 4. The number of likely N-dealkylation sites (tertiary alicyclic amines) is 1. The summed E-state index contributed by atoms with van der Waals surface area (Å²) in [5.74, 6) is 4.97. The fourth-order valence-electron chi connectivity index (χ4n) is 12.7. The number of nitrogens with zero attached hydrogens (tertiary/aromatic N) is 12. The molecule has 12 nitrogen and oxygen atoms in total. The quantitative estimate of drug-likeness (QED) is 0.0482. The molecule has 0 aromatic rings. The molecule has 4 saturated carbocycles. The standard InChI is InChI=1S/C19H37N3.C19H39N3.C18H35N3.C13H29N3/c1-4-5-16-21(2)19(20-17-12-8-6-9-13-17)22(3)18-14-10-7-11-15-18;1-5-14-21(15-6-2)19(22(16-7-3)17-8-4)20-18-12-10-9-11-13-18;1-3-5-14-20(4-2)18(21-15-10-7-11-16-21)19-17-12-8-6-9-13-17;1-6-7-8-9-10-11-12-14-13(15(2)3)16(4)5/h17-18H,4-16H2,1-3H3;18H,5-17H2,1-4H3;17H,3-16H2,1-2H3;6-12H2,1-5H3. The third-order valence-electron chi connectivity index (χ3n) is 17.4. The van der Waals surface area contributed by atoms with Gasteiger partial charge in [0.2, 0.25) is 0 Å². The summed E-state index contributed by atoms with van der Waals surface area (Å²) in [4.78, 5) is 39.7. The maximum atomic E-state index is 5.28. The van der Waals surface area contributed by atoms with Gasteiger partial charge in [-0.05, 0) is 122 Å². The van der Waals surface area contributed by atoms with Gasteiger partial charge in [0.05, 0.1) is 18.1 Å². The van der Waals surface area contributed by atoms with E-state index in [1.54, 1.807) is 0 Å². The monoisotopic (exact) mass is 1140 g/mol. The molecule has 0 amide bonds. The van der Waals surface area contributed by atoms with E-state index in [1.165, 1.54) is 275 Å². The van der Waals surface area contributed by atoms with Gasteiger partial charge in [0.25, 0.3) is 0 Å². The Morgan fingerprint density at radius 2 is 0.753 bits per heavy atom. The molecule has 0 N–H and O–H groups in total. The third-order valence-corrected chi connectivity index (χ3v) is 17.4. The van der Waals surface area contributed by atoms with Gasteiger partial charge in [-0.2, -0.15) is 0 Å². The Hall–Kier alpha value is -2.92. The molecule has 0 atom stereocenters. The zero-order valence-electron chi connectivity index (χ0n) is 56.9. The van der Waals surface area contributed by atoms with E-state index < -0.39 is 0 Å². The topological polar surface area (TPSA) is 75.4 Å². The van der Waals surface area contributed by atoms with Crippen molar-refractivity contribution in [3.8, 4) is 0 Å². The first-order valence-corrected chi connectivity index (χ1v) is 35.5. The normalized spacial score (nSPS) is 17.8. The van der Waals surface area contributed by atoms with Crippen LogP contribution in [0.1, 0.15) is 293 Å². The summed E-state index contributed by atoms with van der Waals surface area (Å²) in [6.45, 7) is 29.6. The van der Waals surface area contributed by atoms with Crippen LogP contribution in [0, 0.1) is 0 Å². The van der Waals surface area contributed by atoms with Gasteiger partial charge in [-0.15, -0.1) is 0 Å². The molecular weight excluding hydrogens is 997 g/mol. The van der Waals surface area contributed by atoms with Crippen molar-refractivity contribution in [2.75, 3.05) is 108 Å². The fourth-order valence-corrected chi connectivity index (χ4v) is 12.7. The molecule has 0 aromatic heterocycles. The third kappa shape index (κ3) is 32.2. The summed E-state index contributed by atoms with van der Waals surface area (Å²) in [7, 11) is 12.7. The second kappa shape index (κ2) is 48.3. The summed E-state index contributed by atoms with van der Waals surface area (Å²) in [6, 6.07) is 2.43. The molecule has 4 aliphatic carbocycles. The molecule has 5 rings (SSSR count). The second-order valence-electron chi connectivity index (χ2n) is 25.5. The van der Waals surface area contributed by atoms with Gasteiger partial charge in [0.1, 0.15) is 0 Å². The maximum Gasteiger partial charge on any atom is 0.196 e. The van der Waals surface area contributed by atoms with Crippen molar-refractivity contribution in [3.05, 3.63) is 0 Å². The summed E-state index contributed by atoms with van der Waals surface area (Å²) in [6.07, 6.45) is 49.1. The van der Waals surface area contributed by atoms with E-state index in [0.29, 0.717) is 24.2 Å². The van der Waals surface area contributed by atoms with Gasteiger partial charge in [-0.1, -0.05) is 170 Å². The van der Waals surface area contributed by atoms with Crippen molar-refractivity contribution in [2.24, 2.45) is 20.0 Å². The van der Waals surface area contributed by atoms with Crippen molar-refractivity contribution in [3.63, 3.8) is 0 Å². The van der Waals surface area contributed by atoms with E-state index in [9.17, 15) is 0 Å². The summed E-state index contributed by atoms with van der Waals surface area (Å²) in [5, 5.41) is 0. The molecule has 0 radical (unpaired) electrons. The Morgan fingerprint density at radius 1 is 0.358 bits per heavy atom. The van der Waals surface area contributed by atoms with Crippen LogP contribution >= 0.6 is 0 Å². The first-order valence-electron chi connectivity index (χ1n) is 35.5. The molecule has 5 aliphatic rings. The van der Waals surface area contributed by atoms with Crippen molar-refractivity contribution in [2.45, 2.75) is 317 Å². The molecule has 12 heteroatoms. The Kier molecular flexibility index (Phi) is 44.3. The largest absolute Gasteiger partial charge is 0.349 e. The average molecular weight is 1140 g/mol. The van der Waals surface area contributed by atoms with Crippen LogP contribution in [0.15, 0.2) is 20.0 Å².